The number of aryl methyl sites for hydroxylation is 1. The van der Waals surface area contributed by atoms with Crippen LogP contribution < -0.4 is 0 Å². The highest BCUT2D eigenvalue weighted by molar-refractivity contribution is 5.54. The minimum atomic E-state index is -0.574. The Hall–Kier alpha value is -1.45. The second-order valence-electron chi connectivity index (χ2n) is 2.18. The molecule has 0 fully saturated rings. The summed E-state index contributed by atoms with van der Waals surface area (Å²) in [5.41, 5.74) is 0.0436. The summed E-state index contributed by atoms with van der Waals surface area (Å²) in [6.07, 6.45) is 0. The molecule has 1 aromatic rings. The van der Waals surface area contributed by atoms with Gasteiger partial charge in [0, 0.05) is 6.07 Å². The number of rotatable bonds is 1. The predicted octanol–water partition coefficient (Wildman–Crippen LogP) is 2.24. The zero-order valence-corrected chi connectivity index (χ0v) is 5.84. The Kier molecular flexibility index (Phi) is 1.85. The van der Waals surface area contributed by atoms with E-state index in [-0.39, 0.29) is 11.4 Å². The fraction of sp³-hybridized carbons (Fsp3) is 0.143. The van der Waals surface area contributed by atoms with Crippen LogP contribution in [-0.2, 0) is 0 Å². The van der Waals surface area contributed by atoms with Gasteiger partial charge in [-0.2, -0.15) is 0 Å². The lowest BCUT2D eigenvalue weighted by atomic mass is 10.2. The first-order valence-corrected chi connectivity index (χ1v) is 2.97. The van der Waals surface area contributed by atoms with Crippen LogP contribution in [0.15, 0.2) is 17.3 Å². The van der Waals surface area contributed by atoms with E-state index >= 15 is 0 Å². The number of nitrogens with zero attached hydrogens (tertiary/aromatic N) is 1. The number of benzene rings is 1. The summed E-state index contributed by atoms with van der Waals surface area (Å²) in [7, 11) is 0. The van der Waals surface area contributed by atoms with Gasteiger partial charge in [0.05, 0.1) is 0 Å². The van der Waals surface area contributed by atoms with Gasteiger partial charge in [0.1, 0.15) is 11.6 Å². The first-order valence-electron chi connectivity index (χ1n) is 2.97. The summed E-state index contributed by atoms with van der Waals surface area (Å²) in [4.78, 5) is 9.96. The van der Waals surface area contributed by atoms with Crippen LogP contribution in [0, 0.1) is 17.6 Å². The Morgan fingerprint density at radius 1 is 1.55 bits per heavy atom. The van der Waals surface area contributed by atoms with Crippen LogP contribution in [0.2, 0.25) is 0 Å². The average molecular weight is 155 g/mol. The Bertz CT molecular complexity index is 299. The minimum Gasteiger partial charge on any atom is -0.505 e. The predicted molar refractivity (Wildman–Crippen MR) is 38.3 cm³/mol. The molecule has 0 amide bonds. The molecule has 0 heterocycles. The van der Waals surface area contributed by atoms with Crippen molar-refractivity contribution >= 4 is 5.69 Å². The molecule has 3 nitrogen and oxygen atoms in total. The Labute approximate surface area is 62.5 Å². The van der Waals surface area contributed by atoms with E-state index in [4.69, 9.17) is 5.11 Å². The van der Waals surface area contributed by atoms with Gasteiger partial charge >= 0.3 is 0 Å². The SMILES string of the molecule is Cc1cc(F)cc(N=O)c1O. The third-order valence-corrected chi connectivity index (χ3v) is 1.34. The second kappa shape index (κ2) is 2.65. The summed E-state index contributed by atoms with van der Waals surface area (Å²) in [6.45, 7) is 1.49. The molecule has 0 aliphatic rings. The van der Waals surface area contributed by atoms with Gasteiger partial charge < -0.3 is 5.11 Å². The number of phenolic OH excluding ortho intramolecular Hbond substituents is 1. The van der Waals surface area contributed by atoms with Crippen molar-refractivity contribution in [2.24, 2.45) is 5.18 Å². The van der Waals surface area contributed by atoms with E-state index in [2.05, 4.69) is 5.18 Å². The number of hydrogen-bond acceptors (Lipinski definition) is 3. The number of hydrogen-bond donors (Lipinski definition) is 1. The second-order valence-corrected chi connectivity index (χ2v) is 2.18. The van der Waals surface area contributed by atoms with Gasteiger partial charge in [0.15, 0.2) is 5.69 Å². The van der Waals surface area contributed by atoms with Crippen molar-refractivity contribution in [2.75, 3.05) is 0 Å². The lowest BCUT2D eigenvalue weighted by molar-refractivity contribution is 0.470. The summed E-state index contributed by atoms with van der Waals surface area (Å²) >= 11 is 0. The van der Waals surface area contributed by atoms with Gasteiger partial charge in [0.2, 0.25) is 0 Å². The van der Waals surface area contributed by atoms with Crippen molar-refractivity contribution in [1.82, 2.24) is 0 Å². The number of phenols is 1. The number of aromatic hydroxyl groups is 1. The zero-order valence-electron chi connectivity index (χ0n) is 5.84. The van der Waals surface area contributed by atoms with Crippen molar-refractivity contribution in [3.63, 3.8) is 0 Å². The van der Waals surface area contributed by atoms with E-state index in [1.54, 1.807) is 0 Å². The third-order valence-electron chi connectivity index (χ3n) is 1.34. The van der Waals surface area contributed by atoms with Gasteiger partial charge in [-0.25, -0.2) is 4.39 Å². The molecule has 0 aliphatic heterocycles. The van der Waals surface area contributed by atoms with Crippen molar-refractivity contribution in [3.8, 4) is 5.75 Å². The molecule has 1 N–H and O–H groups in total. The van der Waals surface area contributed by atoms with E-state index in [0.717, 1.165) is 12.1 Å². The molecular formula is C7H6FNO2. The highest BCUT2D eigenvalue weighted by Crippen LogP contribution is 2.30. The molecule has 4 heteroatoms. The highest BCUT2D eigenvalue weighted by atomic mass is 19.1. The van der Waals surface area contributed by atoms with Crippen molar-refractivity contribution in [3.05, 3.63) is 28.4 Å². The largest absolute Gasteiger partial charge is 0.505 e. The van der Waals surface area contributed by atoms with E-state index < -0.39 is 5.82 Å². The molecule has 0 bridgehead atoms. The molecule has 11 heavy (non-hydrogen) atoms. The van der Waals surface area contributed by atoms with Crippen molar-refractivity contribution in [1.29, 1.82) is 0 Å². The van der Waals surface area contributed by atoms with Gasteiger partial charge in [-0.3, -0.25) is 0 Å². The normalized spacial score (nSPS) is 9.64. The Morgan fingerprint density at radius 2 is 2.18 bits per heavy atom. The van der Waals surface area contributed by atoms with E-state index in [1.165, 1.54) is 6.92 Å². The number of nitroso groups, excluding NO2 is 1. The first kappa shape index (κ1) is 7.65. The molecular weight excluding hydrogens is 149 g/mol. The van der Waals surface area contributed by atoms with Crippen LogP contribution in [0.4, 0.5) is 10.1 Å². The standard InChI is InChI=1S/C7H6FNO2/c1-4-2-5(8)3-6(9-11)7(4)10/h2-3,10H,1H3. The lowest BCUT2D eigenvalue weighted by Crippen LogP contribution is -1.79. The Morgan fingerprint density at radius 3 is 2.73 bits per heavy atom. The average Bonchev–Trinajstić information content (AvgIpc) is 1.96. The maximum atomic E-state index is 12.5. The molecule has 0 atom stereocenters. The molecule has 1 aromatic carbocycles. The first-order chi connectivity index (χ1) is 5.15. The van der Waals surface area contributed by atoms with Gasteiger partial charge in [0.25, 0.3) is 0 Å². The summed E-state index contributed by atoms with van der Waals surface area (Å²) in [5, 5.41) is 11.5. The Balaban J connectivity index is 3.35. The summed E-state index contributed by atoms with van der Waals surface area (Å²) in [5.74, 6) is -0.837. The third kappa shape index (κ3) is 1.34. The topological polar surface area (TPSA) is 49.7 Å². The fourth-order valence-corrected chi connectivity index (χ4v) is 0.787. The van der Waals surface area contributed by atoms with Crippen LogP contribution >= 0.6 is 0 Å². The van der Waals surface area contributed by atoms with Crippen molar-refractivity contribution < 1.29 is 9.50 Å². The molecule has 0 saturated heterocycles. The van der Waals surface area contributed by atoms with Gasteiger partial charge in [-0.15, -0.1) is 4.91 Å². The fourth-order valence-electron chi connectivity index (χ4n) is 0.787. The van der Waals surface area contributed by atoms with Crippen LogP contribution in [-0.4, -0.2) is 5.11 Å². The monoisotopic (exact) mass is 155 g/mol. The molecule has 0 unspecified atom stereocenters. The molecule has 1 rings (SSSR count). The molecule has 0 aliphatic carbocycles. The highest BCUT2D eigenvalue weighted by Gasteiger charge is 2.06. The molecule has 0 spiro atoms. The van der Waals surface area contributed by atoms with E-state index in [9.17, 15) is 9.30 Å². The smallest absolute Gasteiger partial charge is 0.152 e. The molecule has 0 radical (unpaired) electrons. The van der Waals surface area contributed by atoms with Crippen LogP contribution in [0.1, 0.15) is 5.56 Å². The maximum absolute atomic E-state index is 12.5. The van der Waals surface area contributed by atoms with Gasteiger partial charge in [-0.1, -0.05) is 0 Å². The summed E-state index contributed by atoms with van der Waals surface area (Å²) in [6, 6.07) is 2.01. The molecule has 58 valence electrons. The van der Waals surface area contributed by atoms with Crippen LogP contribution in [0.3, 0.4) is 0 Å². The van der Waals surface area contributed by atoms with Gasteiger partial charge in [-0.05, 0) is 23.7 Å². The van der Waals surface area contributed by atoms with E-state index in [1.807, 2.05) is 0 Å². The number of halogens is 1. The zero-order chi connectivity index (χ0) is 8.43. The van der Waals surface area contributed by atoms with Crippen LogP contribution in [0.5, 0.6) is 5.75 Å². The quantitative estimate of drug-likeness (QED) is 0.632. The summed E-state index contributed by atoms with van der Waals surface area (Å²) < 4.78 is 12.5. The maximum Gasteiger partial charge on any atom is 0.152 e. The minimum absolute atomic E-state index is 0.262. The molecule has 0 aromatic heterocycles. The molecule has 0 saturated carbocycles. The lowest BCUT2D eigenvalue weighted by Gasteiger charge is -1.99. The van der Waals surface area contributed by atoms with Crippen molar-refractivity contribution in [2.45, 2.75) is 6.92 Å². The van der Waals surface area contributed by atoms with E-state index in [0.29, 0.717) is 5.56 Å². The van der Waals surface area contributed by atoms with Crippen LogP contribution in [0.25, 0.3) is 0 Å².